The molecule has 7 nitrogen and oxygen atoms in total. The van der Waals surface area contributed by atoms with Crippen molar-refractivity contribution in [1.29, 1.82) is 0 Å². The van der Waals surface area contributed by atoms with Gasteiger partial charge in [0, 0.05) is 43.4 Å². The van der Waals surface area contributed by atoms with E-state index in [1.54, 1.807) is 22.8 Å². The van der Waals surface area contributed by atoms with Crippen LogP contribution in [0.5, 0.6) is 5.75 Å². The molecule has 3 heterocycles. The molecule has 32 heavy (non-hydrogen) atoms. The molecule has 2 aromatic heterocycles. The quantitative estimate of drug-likeness (QED) is 0.610. The Hall–Kier alpha value is -3.03. The van der Waals surface area contributed by atoms with Crippen molar-refractivity contribution in [1.82, 2.24) is 19.5 Å². The number of para-hydroxylation sites is 1. The predicted octanol–water partition coefficient (Wildman–Crippen LogP) is 2.74. The lowest BCUT2D eigenvalue weighted by molar-refractivity contribution is -0.136. The first kappa shape index (κ1) is 20.9. The van der Waals surface area contributed by atoms with Crippen LogP contribution in [0.15, 0.2) is 36.5 Å². The number of carbonyl (C=O) groups is 1. The maximum Gasteiger partial charge on any atom is 0.225 e. The maximum atomic E-state index is 12.7. The van der Waals surface area contributed by atoms with E-state index in [0.29, 0.717) is 34.2 Å². The number of aromatic hydroxyl groups is 1. The first-order valence-corrected chi connectivity index (χ1v) is 11.6. The number of rotatable bonds is 5. The second kappa shape index (κ2) is 8.84. The molecule has 2 aliphatic rings. The van der Waals surface area contributed by atoms with Gasteiger partial charge in [0.25, 0.3) is 0 Å². The van der Waals surface area contributed by atoms with Crippen molar-refractivity contribution in [2.75, 3.05) is 25.0 Å². The molecule has 164 valence electrons. The molecule has 2 radical (unpaired) electrons. The van der Waals surface area contributed by atoms with Crippen LogP contribution < -0.4 is 10.8 Å². The Bertz CT molecular complexity index is 1120. The topological polar surface area (TPSA) is 82.8 Å². The zero-order valence-corrected chi connectivity index (χ0v) is 18.2. The highest BCUT2D eigenvalue weighted by Gasteiger charge is 2.30. The van der Waals surface area contributed by atoms with Crippen LogP contribution in [0.4, 0.5) is 5.82 Å². The average Bonchev–Trinajstić information content (AvgIpc) is 3.48. The molecule has 1 saturated carbocycles. The average molecular weight is 429 g/mol. The van der Waals surface area contributed by atoms with Gasteiger partial charge in [-0.15, -0.1) is 0 Å². The Labute approximate surface area is 189 Å². The van der Waals surface area contributed by atoms with Crippen LogP contribution in [-0.2, 0) is 4.79 Å². The molecule has 1 aliphatic carbocycles. The largest absolute Gasteiger partial charge is 0.507 e. The summed E-state index contributed by atoms with van der Waals surface area (Å²) in [7, 11) is 6.09. The molecule has 1 aromatic carbocycles. The van der Waals surface area contributed by atoms with Gasteiger partial charge >= 0.3 is 0 Å². The predicted molar refractivity (Wildman–Crippen MR) is 125 cm³/mol. The van der Waals surface area contributed by atoms with Crippen molar-refractivity contribution in [2.24, 2.45) is 11.8 Å². The van der Waals surface area contributed by atoms with Gasteiger partial charge in [-0.25, -0.2) is 4.98 Å². The highest BCUT2D eigenvalue weighted by atomic mass is 16.3. The molecule has 1 amide bonds. The molecule has 0 atom stereocenters. The third-order valence-electron chi connectivity index (χ3n) is 6.88. The van der Waals surface area contributed by atoms with Crippen molar-refractivity contribution in [3.8, 4) is 17.0 Å². The molecule has 2 fully saturated rings. The number of likely N-dealkylation sites (tertiary alicyclic amines) is 1. The number of phenols is 1. The number of amides is 1. The smallest absolute Gasteiger partial charge is 0.225 e. The highest BCUT2D eigenvalue weighted by Crippen LogP contribution is 2.30. The highest BCUT2D eigenvalue weighted by molar-refractivity contribution is 6.36. The van der Waals surface area contributed by atoms with Crippen molar-refractivity contribution in [3.63, 3.8) is 0 Å². The summed E-state index contributed by atoms with van der Waals surface area (Å²) in [6, 6.07) is 9.03. The van der Waals surface area contributed by atoms with Gasteiger partial charge in [0.15, 0.2) is 5.65 Å². The van der Waals surface area contributed by atoms with E-state index in [-0.39, 0.29) is 11.7 Å². The fourth-order valence-corrected chi connectivity index (χ4v) is 4.97. The van der Waals surface area contributed by atoms with Gasteiger partial charge in [0.2, 0.25) is 5.91 Å². The zero-order chi connectivity index (χ0) is 22.1. The summed E-state index contributed by atoms with van der Waals surface area (Å²) in [6.07, 6.45) is 8.08. The summed E-state index contributed by atoms with van der Waals surface area (Å²) in [4.78, 5) is 19.4. The zero-order valence-electron chi connectivity index (χ0n) is 18.2. The lowest BCUT2D eigenvalue weighted by Crippen LogP contribution is -2.42. The SMILES string of the molecule is [B]c1cnn2c(NCC3CCN(C(=O)C4CCCC4)CC3)cc(-c3ccccc3O)nc12. The normalized spacial score (nSPS) is 17.8. The molecule has 3 aromatic rings. The fraction of sp³-hybridized carbons (Fsp3) is 0.458. The van der Waals surface area contributed by atoms with Crippen LogP contribution in [0.25, 0.3) is 16.9 Å². The van der Waals surface area contributed by atoms with Gasteiger partial charge < -0.3 is 15.3 Å². The molecular weight excluding hydrogens is 401 g/mol. The van der Waals surface area contributed by atoms with Gasteiger partial charge in [0.1, 0.15) is 19.4 Å². The molecule has 8 heteroatoms. The molecule has 1 aliphatic heterocycles. The van der Waals surface area contributed by atoms with Crippen LogP contribution in [0.1, 0.15) is 38.5 Å². The number of anilines is 1. The molecule has 2 N–H and O–H groups in total. The molecular formula is C24H28BN5O2. The number of benzene rings is 1. The van der Waals surface area contributed by atoms with Crippen molar-refractivity contribution < 1.29 is 9.90 Å². The Morgan fingerprint density at radius 2 is 1.91 bits per heavy atom. The van der Waals surface area contributed by atoms with Gasteiger partial charge in [-0.2, -0.15) is 9.61 Å². The lowest BCUT2D eigenvalue weighted by Gasteiger charge is -2.33. The minimum absolute atomic E-state index is 0.174. The Balaban J connectivity index is 1.28. The van der Waals surface area contributed by atoms with Gasteiger partial charge in [-0.05, 0) is 49.2 Å². The summed E-state index contributed by atoms with van der Waals surface area (Å²) in [5.41, 5.74) is 2.34. The van der Waals surface area contributed by atoms with Gasteiger partial charge in [0.05, 0.1) is 5.69 Å². The van der Waals surface area contributed by atoms with Crippen LogP contribution in [0.3, 0.4) is 0 Å². The standard InChI is InChI=1S/C24H28BN5O2/c25-19-15-27-30-22(13-20(28-23(19)30)18-7-3-4-8-21(18)31)26-14-16-9-11-29(12-10-16)24(32)17-5-1-2-6-17/h3-4,7-8,13,15-17,26,31H,1-2,5-6,9-12,14H2. The molecule has 1 saturated heterocycles. The van der Waals surface area contributed by atoms with E-state index >= 15 is 0 Å². The lowest BCUT2D eigenvalue weighted by atomic mass is 9.95. The molecule has 5 rings (SSSR count). The molecule has 0 spiro atoms. The number of nitrogens with one attached hydrogen (secondary N) is 1. The van der Waals surface area contributed by atoms with E-state index in [1.165, 1.54) is 12.8 Å². The Morgan fingerprint density at radius 3 is 2.66 bits per heavy atom. The summed E-state index contributed by atoms with van der Waals surface area (Å²) >= 11 is 0. The third kappa shape index (κ3) is 4.06. The van der Waals surface area contributed by atoms with Crippen molar-refractivity contribution in [2.45, 2.75) is 38.5 Å². The Morgan fingerprint density at radius 1 is 1.16 bits per heavy atom. The fourth-order valence-electron chi connectivity index (χ4n) is 4.97. The second-order valence-corrected chi connectivity index (χ2v) is 9.01. The van der Waals surface area contributed by atoms with Gasteiger partial charge in [-0.1, -0.05) is 25.0 Å². The summed E-state index contributed by atoms with van der Waals surface area (Å²) in [6.45, 7) is 2.46. The van der Waals surface area contributed by atoms with Crippen molar-refractivity contribution >= 4 is 30.7 Å². The first-order chi connectivity index (χ1) is 15.6. The number of phenolic OH excluding ortho intramolecular Hbond substituents is 1. The van der Waals surface area contributed by atoms with Crippen LogP contribution in [0.2, 0.25) is 0 Å². The number of fused-ring (bicyclic) bond motifs is 1. The van der Waals surface area contributed by atoms with Crippen LogP contribution in [0, 0.1) is 11.8 Å². The number of carbonyl (C=O) groups excluding carboxylic acids is 1. The van der Waals surface area contributed by atoms with Crippen molar-refractivity contribution in [3.05, 3.63) is 36.5 Å². The Kier molecular flexibility index (Phi) is 5.76. The number of hydrogen-bond acceptors (Lipinski definition) is 5. The number of hydrogen-bond donors (Lipinski definition) is 2. The number of nitrogens with zero attached hydrogens (tertiary/aromatic N) is 4. The van der Waals surface area contributed by atoms with E-state index in [2.05, 4.69) is 20.3 Å². The molecule has 0 unspecified atom stereocenters. The van der Waals surface area contributed by atoms with Crippen LogP contribution >= 0.6 is 0 Å². The van der Waals surface area contributed by atoms with E-state index < -0.39 is 0 Å². The maximum absolute atomic E-state index is 12.7. The minimum atomic E-state index is 0.174. The van der Waals surface area contributed by atoms with E-state index in [4.69, 9.17) is 7.85 Å². The second-order valence-electron chi connectivity index (χ2n) is 9.01. The summed E-state index contributed by atoms with van der Waals surface area (Å²) < 4.78 is 1.71. The van der Waals surface area contributed by atoms with Crippen LogP contribution in [-0.4, -0.2) is 58.0 Å². The van der Waals surface area contributed by atoms with Gasteiger partial charge in [-0.3, -0.25) is 4.79 Å². The monoisotopic (exact) mass is 429 g/mol. The van der Waals surface area contributed by atoms with E-state index in [0.717, 1.165) is 51.1 Å². The number of piperidine rings is 1. The first-order valence-electron chi connectivity index (χ1n) is 11.6. The molecule has 0 bridgehead atoms. The third-order valence-corrected chi connectivity index (χ3v) is 6.88. The van der Waals surface area contributed by atoms with E-state index in [9.17, 15) is 9.90 Å². The summed E-state index contributed by atoms with van der Waals surface area (Å²) in [5.74, 6) is 2.06. The summed E-state index contributed by atoms with van der Waals surface area (Å²) in [5, 5.41) is 18.2. The minimum Gasteiger partial charge on any atom is -0.507 e. The van der Waals surface area contributed by atoms with E-state index in [1.807, 2.05) is 18.2 Å². The number of aromatic nitrogens is 3.